The minimum absolute atomic E-state index is 0.0356. The van der Waals surface area contributed by atoms with E-state index in [9.17, 15) is 9.90 Å². The van der Waals surface area contributed by atoms with Crippen molar-refractivity contribution < 1.29 is 9.90 Å². The average Bonchev–Trinajstić information content (AvgIpc) is 2.74. The monoisotopic (exact) mass is 242 g/mol. The summed E-state index contributed by atoms with van der Waals surface area (Å²) in [5.74, 6) is 0.732. The van der Waals surface area contributed by atoms with Gasteiger partial charge in [-0.15, -0.1) is 0 Å². The van der Waals surface area contributed by atoms with Crippen LogP contribution in [0.5, 0.6) is 0 Å². The van der Waals surface area contributed by atoms with E-state index in [1.807, 2.05) is 18.2 Å². The molecule has 0 spiro atoms. The summed E-state index contributed by atoms with van der Waals surface area (Å²) in [4.78, 5) is 12.2. The molecule has 2 aliphatic carbocycles. The quantitative estimate of drug-likeness (QED) is 0.605. The fourth-order valence-corrected chi connectivity index (χ4v) is 4.02. The SMILES string of the molecule is CC1(C)[C@H]2C[C@H](c3ccccc3)[C@@H]1/C(=C/O)C2=O. The van der Waals surface area contributed by atoms with Crippen LogP contribution in [-0.2, 0) is 4.79 Å². The highest BCUT2D eigenvalue weighted by atomic mass is 16.2. The molecule has 0 saturated heterocycles. The summed E-state index contributed by atoms with van der Waals surface area (Å²) in [5.41, 5.74) is 1.88. The third-order valence-corrected chi connectivity index (χ3v) is 4.89. The summed E-state index contributed by atoms with van der Waals surface area (Å²) in [7, 11) is 0. The summed E-state index contributed by atoms with van der Waals surface area (Å²) < 4.78 is 0. The molecule has 3 atom stereocenters. The Bertz CT molecular complexity index is 513. The van der Waals surface area contributed by atoms with E-state index in [0.717, 1.165) is 12.7 Å². The number of rotatable bonds is 1. The predicted octanol–water partition coefficient (Wildman–Crippen LogP) is 3.46. The molecule has 0 unspecified atom stereocenters. The van der Waals surface area contributed by atoms with Gasteiger partial charge in [0.25, 0.3) is 0 Å². The Hall–Kier alpha value is -1.57. The van der Waals surface area contributed by atoms with Crippen molar-refractivity contribution in [1.82, 2.24) is 0 Å². The first-order valence-corrected chi connectivity index (χ1v) is 6.50. The van der Waals surface area contributed by atoms with Gasteiger partial charge >= 0.3 is 0 Å². The number of aliphatic hydroxyl groups is 1. The van der Waals surface area contributed by atoms with Crippen LogP contribution in [0.2, 0.25) is 0 Å². The van der Waals surface area contributed by atoms with E-state index < -0.39 is 0 Å². The minimum Gasteiger partial charge on any atom is -0.515 e. The molecule has 0 radical (unpaired) electrons. The first-order valence-electron chi connectivity index (χ1n) is 6.50. The highest BCUT2D eigenvalue weighted by Crippen LogP contribution is 2.63. The molecular formula is C16H18O2. The lowest BCUT2D eigenvalue weighted by Crippen LogP contribution is -2.20. The molecule has 0 aromatic heterocycles. The Labute approximate surface area is 107 Å². The van der Waals surface area contributed by atoms with E-state index in [1.165, 1.54) is 5.56 Å². The Balaban J connectivity index is 2.06. The van der Waals surface area contributed by atoms with Crippen LogP contribution in [0.3, 0.4) is 0 Å². The van der Waals surface area contributed by atoms with Gasteiger partial charge in [0.05, 0.1) is 6.26 Å². The number of fused-ring (bicyclic) bond motifs is 2. The van der Waals surface area contributed by atoms with Crippen molar-refractivity contribution in [3.63, 3.8) is 0 Å². The molecule has 0 heterocycles. The number of Topliss-reactive ketones (excluding diaryl/α,β-unsaturated/α-hetero) is 1. The van der Waals surface area contributed by atoms with Crippen LogP contribution in [0, 0.1) is 17.3 Å². The van der Waals surface area contributed by atoms with Crippen molar-refractivity contribution in [2.45, 2.75) is 26.2 Å². The summed E-state index contributed by atoms with van der Waals surface area (Å²) in [6.45, 7) is 4.30. The second kappa shape index (κ2) is 3.71. The van der Waals surface area contributed by atoms with Gasteiger partial charge in [-0.1, -0.05) is 44.2 Å². The molecule has 2 heteroatoms. The van der Waals surface area contributed by atoms with E-state index in [-0.39, 0.29) is 23.0 Å². The van der Waals surface area contributed by atoms with Gasteiger partial charge in [0.15, 0.2) is 5.78 Å². The maximum atomic E-state index is 12.2. The zero-order chi connectivity index (χ0) is 12.9. The molecular weight excluding hydrogens is 224 g/mol. The highest BCUT2D eigenvalue weighted by Gasteiger charge is 2.61. The van der Waals surface area contributed by atoms with Gasteiger partial charge in [-0.2, -0.15) is 0 Å². The number of carbonyl (C=O) groups is 1. The molecule has 1 aromatic rings. The first-order chi connectivity index (χ1) is 8.57. The largest absolute Gasteiger partial charge is 0.515 e. The van der Waals surface area contributed by atoms with Crippen molar-refractivity contribution in [1.29, 1.82) is 0 Å². The molecule has 94 valence electrons. The first kappa shape index (κ1) is 11.5. The van der Waals surface area contributed by atoms with Gasteiger partial charge in [-0.25, -0.2) is 0 Å². The Morgan fingerprint density at radius 2 is 1.94 bits per heavy atom. The highest BCUT2D eigenvalue weighted by molar-refractivity contribution is 6.02. The molecule has 2 bridgehead atoms. The number of ketones is 1. The van der Waals surface area contributed by atoms with Crippen molar-refractivity contribution in [3.05, 3.63) is 47.7 Å². The summed E-state index contributed by atoms with van der Waals surface area (Å²) in [5, 5.41) is 9.37. The second-order valence-electron chi connectivity index (χ2n) is 6.05. The van der Waals surface area contributed by atoms with Crippen molar-refractivity contribution in [3.8, 4) is 0 Å². The van der Waals surface area contributed by atoms with E-state index in [1.54, 1.807) is 0 Å². The maximum absolute atomic E-state index is 12.2. The smallest absolute Gasteiger partial charge is 0.165 e. The normalized spacial score (nSPS) is 35.3. The number of carbonyl (C=O) groups excluding carboxylic acids is 1. The molecule has 2 fully saturated rings. The van der Waals surface area contributed by atoms with Crippen molar-refractivity contribution in [2.75, 3.05) is 0 Å². The molecule has 2 saturated carbocycles. The molecule has 0 amide bonds. The number of hydrogen-bond donors (Lipinski definition) is 1. The van der Waals surface area contributed by atoms with Crippen molar-refractivity contribution >= 4 is 5.78 Å². The molecule has 18 heavy (non-hydrogen) atoms. The Morgan fingerprint density at radius 1 is 1.28 bits per heavy atom. The zero-order valence-electron chi connectivity index (χ0n) is 10.8. The van der Waals surface area contributed by atoms with Crippen LogP contribution < -0.4 is 0 Å². The molecule has 1 aromatic carbocycles. The Morgan fingerprint density at radius 3 is 2.50 bits per heavy atom. The lowest BCUT2D eigenvalue weighted by molar-refractivity contribution is -0.119. The van der Waals surface area contributed by atoms with Crippen molar-refractivity contribution in [2.24, 2.45) is 17.3 Å². The fourth-order valence-electron chi connectivity index (χ4n) is 4.02. The molecule has 3 rings (SSSR count). The van der Waals surface area contributed by atoms with Crippen LogP contribution in [0.4, 0.5) is 0 Å². The van der Waals surface area contributed by atoms with Crippen LogP contribution in [0.15, 0.2) is 42.2 Å². The number of aliphatic hydroxyl groups excluding tert-OH is 1. The minimum atomic E-state index is -0.0356. The van der Waals surface area contributed by atoms with Crippen LogP contribution >= 0.6 is 0 Å². The summed E-state index contributed by atoms with van der Waals surface area (Å²) in [6.07, 6.45) is 1.96. The molecule has 0 aliphatic heterocycles. The van der Waals surface area contributed by atoms with Crippen LogP contribution in [0.1, 0.15) is 31.7 Å². The zero-order valence-corrected chi connectivity index (χ0v) is 10.8. The number of allylic oxidation sites excluding steroid dienone is 1. The lowest BCUT2D eigenvalue weighted by Gasteiger charge is -2.27. The standard InChI is InChI=1S/C16H18O2/c1-16(2)13-8-11(10-6-4-3-5-7-10)14(16)12(9-17)15(13)18/h3-7,9,11,13-14,17H,8H2,1-2H3/b12-9-/t11-,13+,14-/m1/s1. The second-order valence-corrected chi connectivity index (χ2v) is 6.05. The van der Waals surface area contributed by atoms with Gasteiger partial charge in [0.1, 0.15) is 0 Å². The predicted molar refractivity (Wildman–Crippen MR) is 70.3 cm³/mol. The van der Waals surface area contributed by atoms with Gasteiger partial charge in [-0.3, -0.25) is 4.79 Å². The topological polar surface area (TPSA) is 37.3 Å². The Kier molecular flexibility index (Phi) is 2.37. The van der Waals surface area contributed by atoms with Crippen LogP contribution in [-0.4, -0.2) is 10.9 Å². The van der Waals surface area contributed by atoms with Gasteiger partial charge < -0.3 is 5.11 Å². The third-order valence-electron chi connectivity index (χ3n) is 4.89. The van der Waals surface area contributed by atoms with Gasteiger partial charge in [0, 0.05) is 17.4 Å². The third kappa shape index (κ3) is 1.32. The summed E-state index contributed by atoms with van der Waals surface area (Å²) in [6, 6.07) is 10.3. The average molecular weight is 242 g/mol. The molecule has 2 nitrogen and oxygen atoms in total. The van der Waals surface area contributed by atoms with Gasteiger partial charge in [0.2, 0.25) is 0 Å². The summed E-state index contributed by atoms with van der Waals surface area (Å²) >= 11 is 0. The van der Waals surface area contributed by atoms with E-state index in [0.29, 0.717) is 11.5 Å². The maximum Gasteiger partial charge on any atom is 0.165 e. The molecule has 2 aliphatic rings. The van der Waals surface area contributed by atoms with Crippen LogP contribution in [0.25, 0.3) is 0 Å². The fraction of sp³-hybridized carbons (Fsp3) is 0.438. The van der Waals surface area contributed by atoms with E-state index >= 15 is 0 Å². The van der Waals surface area contributed by atoms with Gasteiger partial charge in [-0.05, 0) is 23.3 Å². The van der Waals surface area contributed by atoms with E-state index in [2.05, 4.69) is 26.0 Å². The number of benzene rings is 1. The lowest BCUT2D eigenvalue weighted by atomic mass is 9.76. The van der Waals surface area contributed by atoms with E-state index in [4.69, 9.17) is 0 Å². The molecule has 1 N–H and O–H groups in total. The number of hydrogen-bond acceptors (Lipinski definition) is 2.